The summed E-state index contributed by atoms with van der Waals surface area (Å²) in [5.74, 6) is -0.618. The number of nitrogens with zero attached hydrogens (tertiary/aromatic N) is 1. The van der Waals surface area contributed by atoms with Crippen LogP contribution in [0.15, 0.2) is 28.9 Å². The maximum atomic E-state index is 11.6. The van der Waals surface area contributed by atoms with Crippen molar-refractivity contribution >= 4 is 32.8 Å². The number of hydrogen-bond acceptors (Lipinski definition) is 3. The van der Waals surface area contributed by atoms with Gasteiger partial charge in [0.2, 0.25) is 0 Å². The first-order valence-corrected chi connectivity index (χ1v) is 6.43. The van der Waals surface area contributed by atoms with Crippen LogP contribution in [-0.2, 0) is 16.6 Å². The van der Waals surface area contributed by atoms with Crippen molar-refractivity contribution in [2.75, 3.05) is 6.61 Å². The fourth-order valence-electron chi connectivity index (χ4n) is 1.95. The van der Waals surface area contributed by atoms with Crippen molar-refractivity contribution in [1.82, 2.24) is 4.57 Å². The Morgan fingerprint density at radius 2 is 2.28 bits per heavy atom. The summed E-state index contributed by atoms with van der Waals surface area (Å²) in [4.78, 5) is 11.6. The predicted octanol–water partition coefficient (Wildman–Crippen LogP) is 2.54. The van der Waals surface area contributed by atoms with Crippen LogP contribution in [0.5, 0.6) is 0 Å². The zero-order valence-electron chi connectivity index (χ0n) is 10.2. The topological polar surface area (TPSA) is 51.5 Å². The van der Waals surface area contributed by atoms with Crippen LogP contribution in [0.25, 0.3) is 10.9 Å². The van der Waals surface area contributed by atoms with Crippen molar-refractivity contribution in [2.45, 2.75) is 13.0 Å². The lowest BCUT2D eigenvalue weighted by atomic mass is 10.1. The van der Waals surface area contributed by atoms with Crippen LogP contribution in [0.4, 0.5) is 0 Å². The number of aliphatic hydroxyl groups excluding tert-OH is 1. The van der Waals surface area contributed by atoms with Crippen LogP contribution in [0.3, 0.4) is 0 Å². The number of rotatable bonds is 3. The van der Waals surface area contributed by atoms with Crippen LogP contribution in [-0.4, -0.2) is 22.2 Å². The molecule has 0 aliphatic carbocycles. The molecule has 5 heteroatoms. The Balaban J connectivity index is 2.48. The smallest absolute Gasteiger partial charge is 0.339 e. The molecular weight excluding hydrogens is 298 g/mol. The minimum absolute atomic E-state index is 0.256. The summed E-state index contributed by atoms with van der Waals surface area (Å²) in [6.45, 7) is 1.97. The van der Waals surface area contributed by atoms with Gasteiger partial charge in [-0.05, 0) is 19.1 Å². The van der Waals surface area contributed by atoms with Crippen molar-refractivity contribution in [3.05, 3.63) is 34.4 Å². The molecule has 4 nitrogen and oxygen atoms in total. The van der Waals surface area contributed by atoms with Gasteiger partial charge in [0, 0.05) is 34.2 Å². The highest BCUT2D eigenvalue weighted by molar-refractivity contribution is 9.10. The Labute approximate surface area is 113 Å². The summed E-state index contributed by atoms with van der Waals surface area (Å²) in [7, 11) is 1.87. The van der Waals surface area contributed by atoms with E-state index in [1.807, 2.05) is 29.8 Å². The van der Waals surface area contributed by atoms with Gasteiger partial charge in [0.25, 0.3) is 0 Å². The zero-order chi connectivity index (χ0) is 13.3. The number of hydrogen-bond donors (Lipinski definition) is 1. The number of fused-ring (bicyclic) bond motifs is 1. The fourth-order valence-corrected chi connectivity index (χ4v) is 2.30. The number of aryl methyl sites for hydroxylation is 1. The molecule has 1 heterocycles. The predicted molar refractivity (Wildman–Crippen MR) is 72.2 cm³/mol. The molecule has 1 N–H and O–H groups in total. The van der Waals surface area contributed by atoms with Gasteiger partial charge in [-0.2, -0.15) is 0 Å². The number of aromatic nitrogens is 1. The maximum Gasteiger partial charge on any atom is 0.339 e. The molecular formula is C13H14BrNO3. The lowest BCUT2D eigenvalue weighted by Gasteiger charge is -2.08. The molecule has 0 spiro atoms. The first-order valence-electron chi connectivity index (χ1n) is 5.63. The quantitative estimate of drug-likeness (QED) is 0.886. The average Bonchev–Trinajstić information content (AvgIpc) is 2.66. The van der Waals surface area contributed by atoms with Crippen LogP contribution >= 0.6 is 15.9 Å². The molecule has 1 aromatic carbocycles. The molecule has 1 unspecified atom stereocenters. The molecule has 0 amide bonds. The van der Waals surface area contributed by atoms with E-state index >= 15 is 0 Å². The number of esters is 1. The van der Waals surface area contributed by atoms with Crippen LogP contribution in [0.1, 0.15) is 18.6 Å². The molecule has 0 saturated carbocycles. The van der Waals surface area contributed by atoms with Crippen LogP contribution < -0.4 is 0 Å². The summed E-state index contributed by atoms with van der Waals surface area (Å²) in [6, 6.07) is 5.69. The fraction of sp³-hybridized carbons (Fsp3) is 0.308. The van der Waals surface area contributed by atoms with Crippen LogP contribution in [0.2, 0.25) is 0 Å². The number of carbonyl (C=O) groups excluding carboxylic acids is 1. The van der Waals surface area contributed by atoms with Gasteiger partial charge in [0.1, 0.15) is 0 Å². The Morgan fingerprint density at radius 3 is 2.94 bits per heavy atom. The molecule has 0 aliphatic rings. The molecule has 18 heavy (non-hydrogen) atoms. The molecule has 1 aromatic heterocycles. The molecule has 0 bridgehead atoms. The van der Waals surface area contributed by atoms with Gasteiger partial charge in [-0.15, -0.1) is 0 Å². The molecule has 0 fully saturated rings. The molecule has 2 rings (SSSR count). The van der Waals surface area contributed by atoms with Crippen molar-refractivity contribution in [1.29, 1.82) is 0 Å². The maximum absolute atomic E-state index is 11.6. The second-order valence-electron chi connectivity index (χ2n) is 4.01. The highest BCUT2D eigenvalue weighted by atomic mass is 79.9. The van der Waals surface area contributed by atoms with Crippen molar-refractivity contribution in [3.8, 4) is 0 Å². The van der Waals surface area contributed by atoms with Gasteiger partial charge in [-0.25, -0.2) is 4.79 Å². The van der Waals surface area contributed by atoms with E-state index in [1.54, 1.807) is 13.1 Å². The summed E-state index contributed by atoms with van der Waals surface area (Å²) < 4.78 is 7.66. The lowest BCUT2D eigenvalue weighted by molar-refractivity contribution is -0.153. The number of ether oxygens (including phenoxy) is 1. The lowest BCUT2D eigenvalue weighted by Crippen LogP contribution is -2.15. The van der Waals surface area contributed by atoms with E-state index in [2.05, 4.69) is 15.9 Å². The largest absolute Gasteiger partial charge is 0.464 e. The van der Waals surface area contributed by atoms with E-state index < -0.39 is 12.1 Å². The minimum atomic E-state index is -1.24. The number of benzene rings is 1. The van der Waals surface area contributed by atoms with E-state index in [9.17, 15) is 9.90 Å². The van der Waals surface area contributed by atoms with Gasteiger partial charge in [-0.1, -0.05) is 22.0 Å². The van der Waals surface area contributed by atoms with Crippen molar-refractivity contribution < 1.29 is 14.6 Å². The third-order valence-corrected chi connectivity index (χ3v) is 3.28. The van der Waals surface area contributed by atoms with Gasteiger partial charge < -0.3 is 14.4 Å². The molecule has 2 aromatic rings. The average molecular weight is 312 g/mol. The third kappa shape index (κ3) is 2.28. The summed E-state index contributed by atoms with van der Waals surface area (Å²) >= 11 is 3.40. The highest BCUT2D eigenvalue weighted by Gasteiger charge is 2.22. The second-order valence-corrected chi connectivity index (χ2v) is 4.93. The molecule has 96 valence electrons. The standard InChI is InChI=1S/C13H14BrNO3/c1-3-18-13(17)12(16)10-7-15(2)11-6-8(14)4-5-9(10)11/h4-7,12,16H,3H2,1-2H3. The second kappa shape index (κ2) is 5.12. The summed E-state index contributed by atoms with van der Waals surface area (Å²) in [5.41, 5.74) is 1.51. The van der Waals surface area contributed by atoms with Gasteiger partial charge in [0.05, 0.1) is 6.61 Å². The zero-order valence-corrected chi connectivity index (χ0v) is 11.8. The van der Waals surface area contributed by atoms with E-state index in [0.29, 0.717) is 5.56 Å². The van der Waals surface area contributed by atoms with Gasteiger partial charge in [0.15, 0.2) is 6.10 Å². The Bertz CT molecular complexity index is 591. The SMILES string of the molecule is CCOC(=O)C(O)c1cn(C)c2cc(Br)ccc12. The monoisotopic (exact) mass is 311 g/mol. The minimum Gasteiger partial charge on any atom is -0.464 e. The van der Waals surface area contributed by atoms with Crippen molar-refractivity contribution in [3.63, 3.8) is 0 Å². The molecule has 0 saturated heterocycles. The normalized spacial score (nSPS) is 12.7. The first-order chi connectivity index (χ1) is 8.54. The number of halogens is 1. The Morgan fingerprint density at radius 1 is 1.56 bits per heavy atom. The van der Waals surface area contributed by atoms with E-state index in [-0.39, 0.29) is 6.61 Å². The first kappa shape index (κ1) is 13.1. The number of aliphatic hydroxyl groups is 1. The van der Waals surface area contributed by atoms with Gasteiger partial charge >= 0.3 is 5.97 Å². The van der Waals surface area contributed by atoms with E-state index in [1.165, 1.54) is 0 Å². The van der Waals surface area contributed by atoms with Crippen molar-refractivity contribution in [2.24, 2.45) is 7.05 Å². The summed E-state index contributed by atoms with van der Waals surface area (Å²) in [6.07, 6.45) is 0.508. The highest BCUT2D eigenvalue weighted by Crippen LogP contribution is 2.28. The van der Waals surface area contributed by atoms with Crippen LogP contribution in [0, 0.1) is 0 Å². The summed E-state index contributed by atoms with van der Waals surface area (Å²) in [5, 5.41) is 10.8. The van der Waals surface area contributed by atoms with Gasteiger partial charge in [-0.3, -0.25) is 0 Å². The Hall–Kier alpha value is -1.33. The number of carbonyl (C=O) groups is 1. The van der Waals surface area contributed by atoms with E-state index in [4.69, 9.17) is 4.74 Å². The molecule has 0 aliphatic heterocycles. The van der Waals surface area contributed by atoms with E-state index in [0.717, 1.165) is 15.4 Å². The Kier molecular flexibility index (Phi) is 3.73. The third-order valence-electron chi connectivity index (χ3n) is 2.79. The molecule has 0 radical (unpaired) electrons. The molecule has 1 atom stereocenters.